The van der Waals surface area contributed by atoms with Gasteiger partial charge in [0, 0.05) is 19.2 Å². The highest BCUT2D eigenvalue weighted by molar-refractivity contribution is 5.73. The lowest BCUT2D eigenvalue weighted by Gasteiger charge is -2.03. The Morgan fingerprint density at radius 3 is 2.94 bits per heavy atom. The van der Waals surface area contributed by atoms with Gasteiger partial charge >= 0.3 is 5.97 Å². The summed E-state index contributed by atoms with van der Waals surface area (Å²) in [5, 5.41) is 13.1. The molecular weight excluding hydrogens is 206 g/mol. The molecular formula is C11H19N3O2. The molecule has 0 amide bonds. The molecule has 0 bridgehead atoms. The number of nitrogens with zero attached hydrogens (tertiary/aromatic N) is 2. The first-order valence-electron chi connectivity index (χ1n) is 5.56. The summed E-state index contributed by atoms with van der Waals surface area (Å²) in [6.07, 6.45) is 4.43. The lowest BCUT2D eigenvalue weighted by atomic mass is 10.1. The van der Waals surface area contributed by atoms with E-state index in [4.69, 9.17) is 10.8 Å². The largest absolute Gasteiger partial charge is 0.480 e. The Morgan fingerprint density at radius 1 is 1.69 bits per heavy atom. The number of aliphatic carboxylic acids is 1. The van der Waals surface area contributed by atoms with Gasteiger partial charge in [-0.15, -0.1) is 0 Å². The number of hydrogen-bond acceptors (Lipinski definition) is 3. The fraction of sp³-hybridized carbons (Fsp3) is 0.636. The fourth-order valence-corrected chi connectivity index (χ4v) is 1.52. The van der Waals surface area contributed by atoms with Crippen LogP contribution in [-0.2, 0) is 17.8 Å². The molecule has 0 spiro atoms. The molecule has 1 rings (SSSR count). The summed E-state index contributed by atoms with van der Waals surface area (Å²) >= 11 is 0. The van der Waals surface area contributed by atoms with E-state index in [1.54, 1.807) is 0 Å². The fourth-order valence-electron chi connectivity index (χ4n) is 1.52. The van der Waals surface area contributed by atoms with Crippen molar-refractivity contribution in [2.75, 3.05) is 0 Å². The van der Waals surface area contributed by atoms with Crippen LogP contribution in [-0.4, -0.2) is 26.9 Å². The first kappa shape index (κ1) is 12.7. The lowest BCUT2D eigenvalue weighted by Crippen LogP contribution is -2.32. The average Bonchev–Trinajstić information content (AvgIpc) is 2.56. The molecule has 0 aliphatic rings. The number of aryl methyl sites for hydroxylation is 2. The molecule has 1 aromatic rings. The third kappa shape index (κ3) is 3.34. The summed E-state index contributed by atoms with van der Waals surface area (Å²) in [5.41, 5.74) is 7.28. The van der Waals surface area contributed by atoms with Gasteiger partial charge in [-0.2, -0.15) is 5.10 Å². The van der Waals surface area contributed by atoms with Crippen molar-refractivity contribution in [2.24, 2.45) is 5.73 Å². The highest BCUT2D eigenvalue weighted by atomic mass is 16.4. The third-order valence-corrected chi connectivity index (χ3v) is 2.55. The van der Waals surface area contributed by atoms with Crippen molar-refractivity contribution in [3.8, 4) is 0 Å². The van der Waals surface area contributed by atoms with Crippen molar-refractivity contribution >= 4 is 5.97 Å². The molecule has 0 radical (unpaired) electrons. The molecule has 5 nitrogen and oxygen atoms in total. The molecule has 0 saturated heterocycles. The van der Waals surface area contributed by atoms with Crippen LogP contribution >= 0.6 is 0 Å². The second kappa shape index (κ2) is 5.65. The Morgan fingerprint density at radius 2 is 2.38 bits per heavy atom. The first-order valence-corrected chi connectivity index (χ1v) is 5.56. The van der Waals surface area contributed by atoms with Crippen molar-refractivity contribution < 1.29 is 9.90 Å². The van der Waals surface area contributed by atoms with E-state index in [9.17, 15) is 4.79 Å². The number of hydrogen-bond donors (Lipinski definition) is 2. The summed E-state index contributed by atoms with van der Waals surface area (Å²) in [4.78, 5) is 10.6. The molecule has 5 heteroatoms. The number of unbranched alkanes of at least 4 members (excludes halogenated alkanes) is 1. The topological polar surface area (TPSA) is 81.1 Å². The third-order valence-electron chi connectivity index (χ3n) is 2.55. The summed E-state index contributed by atoms with van der Waals surface area (Å²) in [5.74, 6) is -0.972. The molecule has 90 valence electrons. The number of carbonyl (C=O) groups is 1. The molecule has 1 heterocycles. The summed E-state index contributed by atoms with van der Waals surface area (Å²) in [6, 6.07) is -0.845. The Bertz CT molecular complexity index is 360. The molecule has 1 atom stereocenters. The van der Waals surface area contributed by atoms with E-state index in [1.165, 1.54) is 0 Å². The van der Waals surface area contributed by atoms with Gasteiger partial charge in [0.05, 0.1) is 5.69 Å². The van der Waals surface area contributed by atoms with E-state index in [1.807, 2.05) is 17.8 Å². The summed E-state index contributed by atoms with van der Waals surface area (Å²) in [7, 11) is 0. The predicted octanol–water partition coefficient (Wildman–Crippen LogP) is 0.946. The van der Waals surface area contributed by atoms with Crippen LogP contribution in [0.4, 0.5) is 0 Å². The van der Waals surface area contributed by atoms with Crippen molar-refractivity contribution in [2.45, 2.75) is 45.7 Å². The predicted molar refractivity (Wildman–Crippen MR) is 61.2 cm³/mol. The average molecular weight is 225 g/mol. The zero-order valence-electron chi connectivity index (χ0n) is 9.81. The molecule has 3 N–H and O–H groups in total. The molecule has 0 aliphatic carbocycles. The standard InChI is InChI=1S/C11H19N3O2/c1-3-4-5-14-7-9(8(2)13-14)6-10(12)11(15)16/h7,10H,3-6,12H2,1-2H3,(H,15,16). The van der Waals surface area contributed by atoms with Crippen molar-refractivity contribution in [1.29, 1.82) is 0 Å². The minimum Gasteiger partial charge on any atom is -0.480 e. The zero-order chi connectivity index (χ0) is 12.1. The number of nitrogens with two attached hydrogens (primary N) is 1. The number of carboxylic acids is 1. The molecule has 1 unspecified atom stereocenters. The summed E-state index contributed by atoms with van der Waals surface area (Å²) < 4.78 is 1.86. The number of aromatic nitrogens is 2. The van der Waals surface area contributed by atoms with E-state index in [-0.39, 0.29) is 0 Å². The molecule has 0 fully saturated rings. The van der Waals surface area contributed by atoms with Crippen LogP contribution < -0.4 is 5.73 Å². The normalized spacial score (nSPS) is 12.7. The van der Waals surface area contributed by atoms with Crippen molar-refractivity contribution in [1.82, 2.24) is 9.78 Å². The number of carboxylic acid groups (broad SMARTS) is 1. The maximum absolute atomic E-state index is 10.6. The molecule has 1 aromatic heterocycles. The van der Waals surface area contributed by atoms with Crippen molar-refractivity contribution in [3.05, 3.63) is 17.5 Å². The second-order valence-corrected chi connectivity index (χ2v) is 4.01. The maximum atomic E-state index is 10.6. The van der Waals surface area contributed by atoms with Crippen LogP contribution in [0.3, 0.4) is 0 Å². The highest BCUT2D eigenvalue weighted by Gasteiger charge is 2.15. The van der Waals surface area contributed by atoms with Gasteiger partial charge in [-0.05, 0) is 18.9 Å². The Kier molecular flexibility index (Phi) is 4.49. The minimum atomic E-state index is -0.972. The zero-order valence-corrected chi connectivity index (χ0v) is 9.81. The van der Waals surface area contributed by atoms with Crippen LogP contribution in [0, 0.1) is 6.92 Å². The van der Waals surface area contributed by atoms with Crippen LogP contribution in [0.15, 0.2) is 6.20 Å². The monoisotopic (exact) mass is 225 g/mol. The lowest BCUT2D eigenvalue weighted by molar-refractivity contribution is -0.138. The van der Waals surface area contributed by atoms with Gasteiger partial charge in [-0.3, -0.25) is 9.48 Å². The van der Waals surface area contributed by atoms with Gasteiger partial charge in [-0.25, -0.2) is 0 Å². The highest BCUT2D eigenvalue weighted by Crippen LogP contribution is 2.09. The molecule has 16 heavy (non-hydrogen) atoms. The first-order chi connectivity index (χ1) is 7.54. The van der Waals surface area contributed by atoms with Crippen LogP contribution in [0.1, 0.15) is 31.0 Å². The maximum Gasteiger partial charge on any atom is 0.320 e. The van der Waals surface area contributed by atoms with E-state index < -0.39 is 12.0 Å². The van der Waals surface area contributed by atoms with Crippen LogP contribution in [0.2, 0.25) is 0 Å². The van der Waals surface area contributed by atoms with Gasteiger partial charge in [0.25, 0.3) is 0 Å². The van der Waals surface area contributed by atoms with Gasteiger partial charge in [-0.1, -0.05) is 13.3 Å². The molecule has 0 aromatic carbocycles. The van der Waals surface area contributed by atoms with Gasteiger partial charge in [0.1, 0.15) is 6.04 Å². The van der Waals surface area contributed by atoms with Crippen LogP contribution in [0.5, 0.6) is 0 Å². The van der Waals surface area contributed by atoms with E-state index in [2.05, 4.69) is 12.0 Å². The van der Waals surface area contributed by atoms with E-state index >= 15 is 0 Å². The Balaban J connectivity index is 2.66. The van der Waals surface area contributed by atoms with Gasteiger partial charge in [0.15, 0.2) is 0 Å². The van der Waals surface area contributed by atoms with Crippen molar-refractivity contribution in [3.63, 3.8) is 0 Å². The van der Waals surface area contributed by atoms with Gasteiger partial charge < -0.3 is 10.8 Å². The quantitative estimate of drug-likeness (QED) is 0.755. The molecule has 0 saturated carbocycles. The minimum absolute atomic E-state index is 0.341. The molecule has 0 aliphatic heterocycles. The van der Waals surface area contributed by atoms with E-state index in [0.717, 1.165) is 30.6 Å². The Labute approximate surface area is 95.3 Å². The van der Waals surface area contributed by atoms with Gasteiger partial charge in [0.2, 0.25) is 0 Å². The van der Waals surface area contributed by atoms with E-state index in [0.29, 0.717) is 6.42 Å². The van der Waals surface area contributed by atoms with Crippen LogP contribution in [0.25, 0.3) is 0 Å². The number of rotatable bonds is 6. The summed E-state index contributed by atoms with van der Waals surface area (Å²) in [6.45, 7) is 4.88. The Hall–Kier alpha value is -1.36. The smallest absolute Gasteiger partial charge is 0.320 e. The second-order valence-electron chi connectivity index (χ2n) is 4.01. The SMILES string of the molecule is CCCCn1cc(CC(N)C(=O)O)c(C)n1.